The van der Waals surface area contributed by atoms with Gasteiger partial charge in [0, 0.05) is 39.7 Å². The summed E-state index contributed by atoms with van der Waals surface area (Å²) in [6, 6.07) is 23.3. The van der Waals surface area contributed by atoms with Crippen LogP contribution in [0.1, 0.15) is 25.0 Å². The van der Waals surface area contributed by atoms with Gasteiger partial charge in [0.1, 0.15) is 0 Å². The predicted molar refractivity (Wildman–Crippen MR) is 118 cm³/mol. The lowest BCUT2D eigenvalue weighted by Crippen LogP contribution is -2.14. The smallest absolute Gasteiger partial charge is 0.0965 e. The highest BCUT2D eigenvalue weighted by Crippen LogP contribution is 2.48. The van der Waals surface area contributed by atoms with Gasteiger partial charge in [-0.25, -0.2) is 4.98 Å². The van der Waals surface area contributed by atoms with E-state index in [1.165, 1.54) is 16.7 Å². The molecule has 0 unspecified atom stereocenters. The Bertz CT molecular complexity index is 1430. The summed E-state index contributed by atoms with van der Waals surface area (Å²) in [4.78, 5) is 14.3. The van der Waals surface area contributed by atoms with Crippen molar-refractivity contribution in [1.82, 2.24) is 15.0 Å². The number of rotatable bonds is 1. The molecule has 138 valence electrons. The summed E-state index contributed by atoms with van der Waals surface area (Å²) in [5.74, 6) is 0. The van der Waals surface area contributed by atoms with Gasteiger partial charge in [0.2, 0.25) is 0 Å². The molecule has 0 radical (unpaired) electrons. The highest BCUT2D eigenvalue weighted by molar-refractivity contribution is 6.03. The van der Waals surface area contributed by atoms with Crippen LogP contribution in [0.15, 0.2) is 79.1 Å². The van der Waals surface area contributed by atoms with Crippen LogP contribution in [0.5, 0.6) is 0 Å². The largest absolute Gasteiger partial charge is 0.254 e. The summed E-state index contributed by atoms with van der Waals surface area (Å²) in [6.07, 6.45) is 3.73. The third-order valence-electron chi connectivity index (χ3n) is 6.14. The van der Waals surface area contributed by atoms with Crippen LogP contribution in [0.4, 0.5) is 0 Å². The van der Waals surface area contributed by atoms with E-state index < -0.39 is 0 Å². The van der Waals surface area contributed by atoms with Crippen molar-refractivity contribution < 1.29 is 0 Å². The Hall–Kier alpha value is -3.59. The number of benzene rings is 2. The molecule has 0 spiro atoms. The third kappa shape index (κ3) is 2.27. The average Bonchev–Trinajstić information content (AvgIpc) is 3.00. The molecule has 0 amide bonds. The second-order valence-electron chi connectivity index (χ2n) is 8.20. The lowest BCUT2D eigenvalue weighted by molar-refractivity contribution is 0.659. The van der Waals surface area contributed by atoms with Gasteiger partial charge in [-0.15, -0.1) is 0 Å². The summed E-state index contributed by atoms with van der Waals surface area (Å²) >= 11 is 0. The van der Waals surface area contributed by atoms with Gasteiger partial charge in [-0.3, -0.25) is 9.97 Å². The van der Waals surface area contributed by atoms with Crippen LogP contribution < -0.4 is 0 Å². The van der Waals surface area contributed by atoms with Crippen molar-refractivity contribution in [2.24, 2.45) is 0 Å². The molecule has 29 heavy (non-hydrogen) atoms. The van der Waals surface area contributed by atoms with E-state index in [-0.39, 0.29) is 5.41 Å². The van der Waals surface area contributed by atoms with Crippen molar-refractivity contribution in [2.75, 3.05) is 0 Å². The Kier molecular flexibility index (Phi) is 3.22. The molecule has 1 aliphatic rings. The second-order valence-corrected chi connectivity index (χ2v) is 8.20. The summed E-state index contributed by atoms with van der Waals surface area (Å²) in [6.45, 7) is 4.55. The van der Waals surface area contributed by atoms with Crippen molar-refractivity contribution in [1.29, 1.82) is 0 Å². The molecule has 2 aromatic carbocycles. The normalized spacial score (nSPS) is 14.1. The first-order valence-corrected chi connectivity index (χ1v) is 9.88. The maximum atomic E-state index is 5.07. The molecule has 6 rings (SSSR count). The van der Waals surface area contributed by atoms with Gasteiger partial charge >= 0.3 is 0 Å². The highest BCUT2D eigenvalue weighted by Gasteiger charge is 2.36. The molecular weight excluding hydrogens is 354 g/mol. The zero-order valence-electron chi connectivity index (χ0n) is 16.3. The maximum Gasteiger partial charge on any atom is 0.0965 e. The van der Waals surface area contributed by atoms with E-state index in [1.54, 1.807) is 0 Å². The molecule has 0 aliphatic heterocycles. The molecule has 0 atom stereocenters. The Morgan fingerprint density at radius 2 is 1.55 bits per heavy atom. The van der Waals surface area contributed by atoms with Gasteiger partial charge in [0.05, 0.1) is 22.4 Å². The van der Waals surface area contributed by atoms with Crippen molar-refractivity contribution in [3.63, 3.8) is 0 Å². The molecule has 3 heterocycles. The fraction of sp³-hybridized carbons (Fsp3) is 0.115. The SMILES string of the molecule is CC1(C)c2ccccc2-c2nc(-c3cnc4c(ccc5cccnc54)c3)ccc21. The van der Waals surface area contributed by atoms with Gasteiger partial charge in [-0.1, -0.05) is 62.4 Å². The van der Waals surface area contributed by atoms with Crippen molar-refractivity contribution in [3.05, 3.63) is 90.3 Å². The summed E-state index contributed by atoms with van der Waals surface area (Å²) in [5.41, 5.74) is 8.77. The minimum atomic E-state index is -0.0241. The minimum Gasteiger partial charge on any atom is -0.254 e. The molecular formula is C26H19N3. The molecule has 3 heteroatoms. The Balaban J connectivity index is 1.54. The lowest BCUT2D eigenvalue weighted by Gasteiger charge is -2.20. The zero-order chi connectivity index (χ0) is 19.6. The summed E-state index contributed by atoms with van der Waals surface area (Å²) in [7, 11) is 0. The Morgan fingerprint density at radius 3 is 2.48 bits per heavy atom. The first-order chi connectivity index (χ1) is 14.1. The molecule has 0 saturated heterocycles. The van der Waals surface area contributed by atoms with E-state index in [2.05, 4.69) is 79.5 Å². The molecule has 0 fully saturated rings. The Morgan fingerprint density at radius 1 is 0.724 bits per heavy atom. The maximum absolute atomic E-state index is 5.07. The van der Waals surface area contributed by atoms with Crippen molar-refractivity contribution in [3.8, 4) is 22.5 Å². The van der Waals surface area contributed by atoms with Crippen molar-refractivity contribution >= 4 is 21.8 Å². The zero-order valence-corrected chi connectivity index (χ0v) is 16.3. The van der Waals surface area contributed by atoms with Crippen LogP contribution in [-0.4, -0.2) is 15.0 Å². The van der Waals surface area contributed by atoms with E-state index in [9.17, 15) is 0 Å². The van der Waals surface area contributed by atoms with E-state index in [4.69, 9.17) is 9.97 Å². The number of hydrogen-bond acceptors (Lipinski definition) is 3. The molecule has 5 aromatic rings. The fourth-order valence-corrected chi connectivity index (χ4v) is 4.59. The topological polar surface area (TPSA) is 38.7 Å². The van der Waals surface area contributed by atoms with Crippen molar-refractivity contribution in [2.45, 2.75) is 19.3 Å². The van der Waals surface area contributed by atoms with Crippen LogP contribution >= 0.6 is 0 Å². The number of nitrogens with zero attached hydrogens (tertiary/aromatic N) is 3. The van der Waals surface area contributed by atoms with Gasteiger partial charge in [-0.05, 0) is 29.3 Å². The van der Waals surface area contributed by atoms with E-state index >= 15 is 0 Å². The second kappa shape index (κ2) is 5.71. The summed E-state index contributed by atoms with van der Waals surface area (Å²) < 4.78 is 0. The van der Waals surface area contributed by atoms with E-state index in [0.717, 1.165) is 38.8 Å². The fourth-order valence-electron chi connectivity index (χ4n) is 4.59. The number of aromatic nitrogens is 3. The highest BCUT2D eigenvalue weighted by atomic mass is 14.8. The molecule has 0 saturated carbocycles. The standard InChI is InChI=1S/C26H19N3/c1-26(2)20-8-4-3-7-19(20)25-21(26)11-12-22(29-25)18-14-17-10-9-16-6-5-13-27-23(16)24(17)28-15-18/h3-15H,1-2H3. The molecule has 3 nitrogen and oxygen atoms in total. The number of hydrogen-bond donors (Lipinski definition) is 0. The van der Waals surface area contributed by atoms with E-state index in [0.29, 0.717) is 0 Å². The minimum absolute atomic E-state index is 0.0241. The first-order valence-electron chi connectivity index (χ1n) is 9.88. The van der Waals surface area contributed by atoms with Crippen LogP contribution in [0.2, 0.25) is 0 Å². The summed E-state index contributed by atoms with van der Waals surface area (Å²) in [5, 5.41) is 2.19. The first kappa shape index (κ1) is 16.4. The molecule has 0 bridgehead atoms. The quantitative estimate of drug-likeness (QED) is 0.331. The average molecular weight is 373 g/mol. The third-order valence-corrected chi connectivity index (χ3v) is 6.14. The van der Waals surface area contributed by atoms with Crippen LogP contribution in [0.25, 0.3) is 44.3 Å². The van der Waals surface area contributed by atoms with Crippen LogP contribution in [0, 0.1) is 0 Å². The molecule has 1 aliphatic carbocycles. The van der Waals surface area contributed by atoms with Crippen LogP contribution in [0.3, 0.4) is 0 Å². The molecule has 3 aromatic heterocycles. The predicted octanol–water partition coefficient (Wildman–Crippen LogP) is 6.15. The monoisotopic (exact) mass is 373 g/mol. The van der Waals surface area contributed by atoms with Gasteiger partial charge in [0.25, 0.3) is 0 Å². The number of fused-ring (bicyclic) bond motifs is 6. The van der Waals surface area contributed by atoms with E-state index in [1.807, 2.05) is 18.5 Å². The van der Waals surface area contributed by atoms with Crippen LogP contribution in [-0.2, 0) is 5.41 Å². The van der Waals surface area contributed by atoms with Gasteiger partial charge in [0.15, 0.2) is 0 Å². The Labute approximate surface area is 169 Å². The van der Waals surface area contributed by atoms with Gasteiger partial charge < -0.3 is 0 Å². The number of pyridine rings is 3. The lowest BCUT2D eigenvalue weighted by atomic mass is 9.83. The van der Waals surface area contributed by atoms with Gasteiger partial charge in [-0.2, -0.15) is 0 Å². The molecule has 0 N–H and O–H groups in total.